The van der Waals surface area contributed by atoms with Crippen LogP contribution in [0.5, 0.6) is 5.75 Å². The van der Waals surface area contributed by atoms with Crippen molar-refractivity contribution in [1.29, 1.82) is 0 Å². The molecular weight excluding hydrogens is 428 g/mol. The van der Waals surface area contributed by atoms with Gasteiger partial charge >= 0.3 is 0 Å². The van der Waals surface area contributed by atoms with Gasteiger partial charge in [-0.2, -0.15) is 4.98 Å². The topological polar surface area (TPSA) is 79.7 Å². The molecule has 3 aromatic rings. The molecule has 0 saturated heterocycles. The van der Waals surface area contributed by atoms with Crippen LogP contribution in [-0.4, -0.2) is 41.4 Å². The Hall–Kier alpha value is -4.02. The summed E-state index contributed by atoms with van der Waals surface area (Å²) in [5, 5.41) is 13.6. The Kier molecular flexibility index (Phi) is 8.89. The van der Waals surface area contributed by atoms with E-state index in [-0.39, 0.29) is 13.2 Å². The van der Waals surface area contributed by atoms with Crippen LogP contribution in [0.2, 0.25) is 0 Å². The van der Waals surface area contributed by atoms with E-state index >= 15 is 0 Å². The summed E-state index contributed by atoms with van der Waals surface area (Å²) in [6, 6.07) is 15.9. The fourth-order valence-electron chi connectivity index (χ4n) is 3.67. The molecule has 0 aliphatic carbocycles. The van der Waals surface area contributed by atoms with Crippen molar-refractivity contribution in [1.82, 2.24) is 9.97 Å². The van der Waals surface area contributed by atoms with Gasteiger partial charge in [0, 0.05) is 11.9 Å². The summed E-state index contributed by atoms with van der Waals surface area (Å²) in [6.45, 7) is 5.89. The van der Waals surface area contributed by atoms with Crippen LogP contribution in [0.25, 0.3) is 10.9 Å². The summed E-state index contributed by atoms with van der Waals surface area (Å²) in [7, 11) is 0. The first kappa shape index (κ1) is 24.6. The number of nitrogens with one attached hydrogen (secondary N) is 1. The minimum atomic E-state index is -0.0652. The van der Waals surface area contributed by atoms with Crippen LogP contribution in [0.4, 0.5) is 11.8 Å². The third-order valence-corrected chi connectivity index (χ3v) is 5.18. The number of rotatable bonds is 8. The smallest absolute Gasteiger partial charge is 0.232 e. The molecule has 0 spiro atoms. The molecule has 0 unspecified atom stereocenters. The molecule has 7 heteroatoms. The molecule has 176 valence electrons. The first-order chi connectivity index (χ1) is 16.7. The lowest BCUT2D eigenvalue weighted by atomic mass is 10.2. The van der Waals surface area contributed by atoms with Gasteiger partial charge in [0.1, 0.15) is 36.1 Å². The second-order valence-corrected chi connectivity index (χ2v) is 7.38. The zero-order valence-electron chi connectivity index (χ0n) is 19.6. The highest BCUT2D eigenvalue weighted by Crippen LogP contribution is 2.33. The van der Waals surface area contributed by atoms with Gasteiger partial charge in [-0.15, -0.1) is 12.8 Å². The van der Waals surface area contributed by atoms with Gasteiger partial charge in [-0.25, -0.2) is 4.98 Å². The van der Waals surface area contributed by atoms with Gasteiger partial charge in [0.25, 0.3) is 0 Å². The zero-order valence-corrected chi connectivity index (χ0v) is 19.6. The molecule has 4 rings (SSSR count). The molecule has 2 aromatic carbocycles. The van der Waals surface area contributed by atoms with E-state index in [0.717, 1.165) is 28.2 Å². The molecule has 1 aliphatic heterocycles. The van der Waals surface area contributed by atoms with Crippen molar-refractivity contribution in [2.45, 2.75) is 20.4 Å². The van der Waals surface area contributed by atoms with Gasteiger partial charge in [-0.3, -0.25) is 0 Å². The first-order valence-electron chi connectivity index (χ1n) is 11.1. The van der Waals surface area contributed by atoms with Crippen molar-refractivity contribution in [3.05, 3.63) is 77.7 Å². The van der Waals surface area contributed by atoms with E-state index in [1.165, 1.54) is 0 Å². The van der Waals surface area contributed by atoms with Crippen molar-refractivity contribution >= 4 is 22.7 Å². The molecule has 1 aliphatic rings. The van der Waals surface area contributed by atoms with Crippen LogP contribution >= 0.6 is 0 Å². The van der Waals surface area contributed by atoms with E-state index in [1.807, 2.05) is 62.4 Å². The molecule has 2 N–H and O–H groups in total. The van der Waals surface area contributed by atoms with Crippen LogP contribution in [0.3, 0.4) is 0 Å². The molecule has 0 saturated carbocycles. The third kappa shape index (κ3) is 5.66. The lowest BCUT2D eigenvalue weighted by Gasteiger charge is -2.30. The normalized spacial score (nSPS) is 13.4. The van der Waals surface area contributed by atoms with Crippen molar-refractivity contribution in [2.24, 2.45) is 0 Å². The summed E-state index contributed by atoms with van der Waals surface area (Å²) in [4.78, 5) is 11.8. The van der Waals surface area contributed by atoms with Crippen molar-refractivity contribution in [3.8, 4) is 18.6 Å². The number of ether oxygens (including phenoxy) is 2. The molecule has 0 bridgehead atoms. The highest BCUT2D eigenvalue weighted by molar-refractivity contribution is 5.94. The molecule has 7 nitrogen and oxygen atoms in total. The van der Waals surface area contributed by atoms with Gasteiger partial charge in [0.15, 0.2) is 0 Å². The fourth-order valence-corrected chi connectivity index (χ4v) is 3.67. The first-order valence-corrected chi connectivity index (χ1v) is 11.1. The predicted molar refractivity (Wildman–Crippen MR) is 137 cm³/mol. The van der Waals surface area contributed by atoms with Crippen LogP contribution in [-0.2, 0) is 11.3 Å². The number of aromatic nitrogens is 2. The number of nitrogens with zero attached hydrogens (tertiary/aromatic N) is 3. The average molecular weight is 459 g/mol. The van der Waals surface area contributed by atoms with Crippen molar-refractivity contribution in [2.75, 3.05) is 36.6 Å². The number of hydrogen-bond acceptors (Lipinski definition) is 7. The van der Waals surface area contributed by atoms with Gasteiger partial charge in [0.2, 0.25) is 5.95 Å². The van der Waals surface area contributed by atoms with E-state index in [4.69, 9.17) is 19.4 Å². The Morgan fingerprint density at radius 3 is 2.68 bits per heavy atom. The van der Waals surface area contributed by atoms with Gasteiger partial charge in [-0.05, 0) is 37.6 Å². The lowest BCUT2D eigenvalue weighted by molar-refractivity contribution is 0.202. The van der Waals surface area contributed by atoms with Gasteiger partial charge in [0.05, 0.1) is 18.8 Å². The Balaban J connectivity index is 0.00000158. The molecule has 0 radical (unpaired) electrons. The summed E-state index contributed by atoms with van der Waals surface area (Å²) in [5.74, 6) is 2.75. The van der Waals surface area contributed by atoms with E-state index in [9.17, 15) is 5.11 Å². The number of para-hydroxylation sites is 1. The van der Waals surface area contributed by atoms with E-state index in [0.29, 0.717) is 36.9 Å². The molecule has 0 amide bonds. The van der Waals surface area contributed by atoms with Crippen molar-refractivity contribution in [3.63, 3.8) is 0 Å². The largest absolute Gasteiger partial charge is 0.494 e. The van der Waals surface area contributed by atoms with Crippen LogP contribution < -0.4 is 15.0 Å². The molecule has 1 aromatic heterocycles. The summed E-state index contributed by atoms with van der Waals surface area (Å²) in [5.41, 5.74) is 2.79. The highest BCUT2D eigenvalue weighted by Gasteiger charge is 2.23. The van der Waals surface area contributed by atoms with Gasteiger partial charge < -0.3 is 24.8 Å². The second-order valence-electron chi connectivity index (χ2n) is 7.38. The number of aliphatic hydroxyl groups excluding tert-OH is 1. The van der Waals surface area contributed by atoms with Crippen LogP contribution in [0, 0.1) is 12.8 Å². The Morgan fingerprint density at radius 1 is 1.15 bits per heavy atom. The van der Waals surface area contributed by atoms with E-state index in [1.54, 1.807) is 0 Å². The number of fused-ring (bicyclic) bond motifs is 1. The quantitative estimate of drug-likeness (QED) is 0.481. The summed E-state index contributed by atoms with van der Waals surface area (Å²) < 4.78 is 11.5. The number of anilines is 2. The number of hydrogen-bond donors (Lipinski definition) is 2. The van der Waals surface area contributed by atoms with Crippen molar-refractivity contribution < 1.29 is 14.6 Å². The standard InChI is InChI=1S/C25H28N4O3.C2H2/c1-3-8-21-18(2)31-15-13-29(21)25-27-23-20(11-7-12-22(23)32-16-14-30)24(28-25)26-17-19-9-5-4-6-10-19;1-2/h3-12,30H,13-17H2,1-2H3,(H,26,27,28);1-2H/b8-3-;. The highest BCUT2D eigenvalue weighted by atomic mass is 16.5. The SMILES string of the molecule is C#C.C/C=C\C1=C(C)OCCN1c1nc(NCc2ccccc2)c2cccc(OCCO)c2n1. The Morgan fingerprint density at radius 2 is 1.94 bits per heavy atom. The second kappa shape index (κ2) is 12.3. The number of benzene rings is 2. The maximum absolute atomic E-state index is 9.24. The minimum absolute atomic E-state index is 0.0652. The maximum Gasteiger partial charge on any atom is 0.232 e. The molecular formula is C27H30N4O3. The lowest BCUT2D eigenvalue weighted by Crippen LogP contribution is -2.33. The number of terminal acetylenes is 1. The third-order valence-electron chi connectivity index (χ3n) is 5.18. The monoisotopic (exact) mass is 458 g/mol. The van der Waals surface area contributed by atoms with Crippen LogP contribution in [0.15, 0.2) is 72.1 Å². The molecule has 0 fully saturated rings. The van der Waals surface area contributed by atoms with Gasteiger partial charge in [-0.1, -0.05) is 42.5 Å². The predicted octanol–water partition coefficient (Wildman–Crippen LogP) is 4.51. The molecule has 34 heavy (non-hydrogen) atoms. The zero-order chi connectivity index (χ0) is 24.3. The maximum atomic E-state index is 9.24. The number of aliphatic hydroxyl groups is 1. The Bertz CT molecular complexity index is 1170. The minimum Gasteiger partial charge on any atom is -0.494 e. The molecule has 0 atom stereocenters. The molecule has 2 heterocycles. The Labute approximate surface area is 200 Å². The van der Waals surface area contributed by atoms with Crippen LogP contribution in [0.1, 0.15) is 19.4 Å². The number of allylic oxidation sites excluding steroid dienone is 3. The summed E-state index contributed by atoms with van der Waals surface area (Å²) >= 11 is 0. The fraction of sp³-hybridized carbons (Fsp3) is 0.259. The van der Waals surface area contributed by atoms with E-state index in [2.05, 4.69) is 35.2 Å². The van der Waals surface area contributed by atoms with E-state index < -0.39 is 0 Å². The summed E-state index contributed by atoms with van der Waals surface area (Å²) in [6.07, 6.45) is 12.0. The average Bonchev–Trinajstić information content (AvgIpc) is 2.89.